The van der Waals surface area contributed by atoms with Crippen molar-refractivity contribution < 1.29 is 4.79 Å². The number of rotatable bonds is 6. The van der Waals surface area contributed by atoms with Crippen LogP contribution in [0.4, 0.5) is 5.82 Å². The smallest absolute Gasteiger partial charge is 0.254 e. The van der Waals surface area contributed by atoms with E-state index in [-0.39, 0.29) is 5.91 Å². The van der Waals surface area contributed by atoms with Gasteiger partial charge in [0.1, 0.15) is 11.6 Å². The zero-order valence-electron chi connectivity index (χ0n) is 17.9. The van der Waals surface area contributed by atoms with Gasteiger partial charge in [-0.25, -0.2) is 15.0 Å². The molecule has 0 aliphatic heterocycles. The third kappa shape index (κ3) is 4.27. The van der Waals surface area contributed by atoms with Gasteiger partial charge in [-0.15, -0.1) is 0 Å². The predicted octanol–water partition coefficient (Wildman–Crippen LogP) is 4.03. The standard InChI is InChI=1S/C25H24N6O/c1-16-11-20-12-18(6-8-22(20)30-24(16)26)25(32)31(15-23-27-9-2-10-28-23)14-21-7-5-19(13-29-21)17-3-4-17/h2,5-13,17H,3-4,14-15H2,1H3,(H2,26,30). The Morgan fingerprint density at radius 3 is 2.59 bits per heavy atom. The Balaban J connectivity index is 1.45. The number of fused-ring (bicyclic) bond motifs is 1. The van der Waals surface area contributed by atoms with E-state index in [0.29, 0.717) is 36.2 Å². The first-order valence-electron chi connectivity index (χ1n) is 10.7. The van der Waals surface area contributed by atoms with E-state index < -0.39 is 0 Å². The molecule has 3 aromatic heterocycles. The molecular formula is C25H24N6O. The first-order chi connectivity index (χ1) is 15.6. The lowest BCUT2D eigenvalue weighted by Crippen LogP contribution is -2.31. The number of amides is 1. The summed E-state index contributed by atoms with van der Waals surface area (Å²) < 4.78 is 0. The summed E-state index contributed by atoms with van der Waals surface area (Å²) in [5.41, 5.74) is 10.3. The minimum Gasteiger partial charge on any atom is -0.383 e. The summed E-state index contributed by atoms with van der Waals surface area (Å²) in [5, 5.41) is 0.880. The number of carbonyl (C=O) groups excluding carboxylic acids is 1. The van der Waals surface area contributed by atoms with Crippen molar-refractivity contribution in [2.45, 2.75) is 38.8 Å². The highest BCUT2D eigenvalue weighted by Crippen LogP contribution is 2.39. The Morgan fingerprint density at radius 1 is 1.06 bits per heavy atom. The van der Waals surface area contributed by atoms with E-state index in [1.165, 1.54) is 18.4 Å². The SMILES string of the molecule is Cc1cc2cc(C(=O)N(Cc3ccc(C4CC4)cn3)Cc3ncccn3)ccc2nc1N. The number of hydrogen-bond donors (Lipinski definition) is 1. The number of anilines is 1. The topological polar surface area (TPSA) is 97.9 Å². The molecule has 5 rings (SSSR count). The summed E-state index contributed by atoms with van der Waals surface area (Å²) in [5.74, 6) is 1.62. The summed E-state index contributed by atoms with van der Waals surface area (Å²) in [6.07, 6.45) is 7.77. The van der Waals surface area contributed by atoms with E-state index in [0.717, 1.165) is 22.2 Å². The van der Waals surface area contributed by atoms with Crippen molar-refractivity contribution in [3.05, 3.63) is 89.3 Å². The van der Waals surface area contributed by atoms with Gasteiger partial charge in [0.25, 0.3) is 5.91 Å². The highest BCUT2D eigenvalue weighted by Gasteiger charge is 2.24. The number of nitrogen functional groups attached to an aromatic ring is 1. The van der Waals surface area contributed by atoms with Crippen molar-refractivity contribution in [3.63, 3.8) is 0 Å². The number of hydrogen-bond acceptors (Lipinski definition) is 6. The molecule has 1 aromatic carbocycles. The number of benzene rings is 1. The van der Waals surface area contributed by atoms with Crippen molar-refractivity contribution in [2.75, 3.05) is 5.73 Å². The molecule has 32 heavy (non-hydrogen) atoms. The maximum atomic E-state index is 13.5. The van der Waals surface area contributed by atoms with Crippen LogP contribution in [0, 0.1) is 6.92 Å². The lowest BCUT2D eigenvalue weighted by atomic mass is 10.1. The summed E-state index contributed by atoms with van der Waals surface area (Å²) in [4.78, 5) is 32.9. The van der Waals surface area contributed by atoms with E-state index in [2.05, 4.69) is 26.0 Å². The van der Waals surface area contributed by atoms with Crippen LogP contribution in [0.3, 0.4) is 0 Å². The van der Waals surface area contributed by atoms with Crippen molar-refractivity contribution in [3.8, 4) is 0 Å². The van der Waals surface area contributed by atoms with Gasteiger partial charge < -0.3 is 10.6 Å². The molecule has 1 aliphatic carbocycles. The third-order valence-electron chi connectivity index (χ3n) is 5.78. The van der Waals surface area contributed by atoms with Crippen molar-refractivity contribution in [2.24, 2.45) is 0 Å². The van der Waals surface area contributed by atoms with Crippen LogP contribution >= 0.6 is 0 Å². The zero-order valence-corrected chi connectivity index (χ0v) is 17.9. The minimum absolute atomic E-state index is 0.109. The van der Waals surface area contributed by atoms with Gasteiger partial charge in [0.15, 0.2) is 0 Å². The number of pyridine rings is 2. The van der Waals surface area contributed by atoms with Gasteiger partial charge in [-0.1, -0.05) is 6.07 Å². The molecule has 0 radical (unpaired) electrons. The van der Waals surface area contributed by atoms with E-state index in [4.69, 9.17) is 5.73 Å². The van der Waals surface area contributed by atoms with Gasteiger partial charge in [-0.05, 0) is 73.2 Å². The summed E-state index contributed by atoms with van der Waals surface area (Å²) >= 11 is 0. The van der Waals surface area contributed by atoms with Crippen LogP contribution in [0.1, 0.15) is 51.8 Å². The molecule has 4 aromatic rings. The van der Waals surface area contributed by atoms with Crippen LogP contribution in [0.15, 0.2) is 61.1 Å². The molecule has 1 aliphatic rings. The molecule has 0 unspecified atom stereocenters. The Kier molecular flexibility index (Phi) is 5.23. The van der Waals surface area contributed by atoms with E-state index in [9.17, 15) is 4.79 Å². The van der Waals surface area contributed by atoms with Crippen LogP contribution in [-0.2, 0) is 13.1 Å². The Labute approximate surface area is 186 Å². The average Bonchev–Trinajstić information content (AvgIpc) is 3.65. The molecular weight excluding hydrogens is 400 g/mol. The van der Waals surface area contributed by atoms with Crippen molar-refractivity contribution in [1.29, 1.82) is 0 Å². The lowest BCUT2D eigenvalue weighted by molar-refractivity contribution is 0.0723. The summed E-state index contributed by atoms with van der Waals surface area (Å²) in [7, 11) is 0. The fourth-order valence-electron chi connectivity index (χ4n) is 3.78. The summed E-state index contributed by atoms with van der Waals surface area (Å²) in [6.45, 7) is 2.58. The lowest BCUT2D eigenvalue weighted by Gasteiger charge is -2.22. The second-order valence-corrected chi connectivity index (χ2v) is 8.28. The Bertz CT molecular complexity index is 1270. The molecule has 7 nitrogen and oxygen atoms in total. The van der Waals surface area contributed by atoms with Gasteiger partial charge in [-0.2, -0.15) is 0 Å². The van der Waals surface area contributed by atoms with Gasteiger partial charge in [0.2, 0.25) is 0 Å². The van der Waals surface area contributed by atoms with E-state index in [1.54, 1.807) is 29.4 Å². The highest BCUT2D eigenvalue weighted by atomic mass is 16.2. The third-order valence-corrected chi connectivity index (χ3v) is 5.78. The average molecular weight is 425 g/mol. The largest absolute Gasteiger partial charge is 0.383 e. The molecule has 7 heteroatoms. The first kappa shape index (κ1) is 20.1. The number of aryl methyl sites for hydroxylation is 1. The van der Waals surface area contributed by atoms with Crippen molar-refractivity contribution in [1.82, 2.24) is 24.8 Å². The van der Waals surface area contributed by atoms with Crippen LogP contribution in [0.2, 0.25) is 0 Å². The molecule has 1 saturated carbocycles. The van der Waals surface area contributed by atoms with Gasteiger partial charge in [0, 0.05) is 29.5 Å². The predicted molar refractivity (Wildman–Crippen MR) is 123 cm³/mol. The second kappa shape index (κ2) is 8.34. The van der Waals surface area contributed by atoms with Crippen LogP contribution in [0.5, 0.6) is 0 Å². The molecule has 1 fully saturated rings. The highest BCUT2D eigenvalue weighted by molar-refractivity contribution is 5.98. The molecule has 0 atom stereocenters. The van der Waals surface area contributed by atoms with E-state index in [1.807, 2.05) is 37.4 Å². The van der Waals surface area contributed by atoms with Gasteiger partial charge in [-0.3, -0.25) is 9.78 Å². The van der Waals surface area contributed by atoms with Crippen molar-refractivity contribution >= 4 is 22.6 Å². The normalized spacial score (nSPS) is 13.3. The monoisotopic (exact) mass is 424 g/mol. The van der Waals surface area contributed by atoms with E-state index >= 15 is 0 Å². The second-order valence-electron chi connectivity index (χ2n) is 8.28. The quantitative estimate of drug-likeness (QED) is 0.502. The fraction of sp³-hybridized carbons (Fsp3) is 0.240. The van der Waals surface area contributed by atoms with Crippen LogP contribution in [0.25, 0.3) is 10.9 Å². The van der Waals surface area contributed by atoms with Gasteiger partial charge in [0.05, 0.1) is 24.3 Å². The molecule has 2 N–H and O–H groups in total. The summed E-state index contributed by atoms with van der Waals surface area (Å²) in [6, 6.07) is 13.3. The fourth-order valence-corrected chi connectivity index (χ4v) is 3.78. The molecule has 1 amide bonds. The number of carbonyl (C=O) groups is 1. The first-order valence-corrected chi connectivity index (χ1v) is 10.7. The number of nitrogens with zero attached hydrogens (tertiary/aromatic N) is 5. The zero-order chi connectivity index (χ0) is 22.1. The van der Waals surface area contributed by atoms with Gasteiger partial charge >= 0.3 is 0 Å². The minimum atomic E-state index is -0.109. The molecule has 0 bridgehead atoms. The molecule has 0 saturated heterocycles. The van der Waals surface area contributed by atoms with Crippen LogP contribution < -0.4 is 5.73 Å². The number of nitrogens with two attached hydrogens (primary N) is 1. The molecule has 3 heterocycles. The Hall–Kier alpha value is -3.87. The molecule has 160 valence electrons. The molecule has 0 spiro atoms. The number of aromatic nitrogens is 4. The maximum absolute atomic E-state index is 13.5. The maximum Gasteiger partial charge on any atom is 0.254 e. The van der Waals surface area contributed by atoms with Crippen LogP contribution in [-0.4, -0.2) is 30.7 Å². The Morgan fingerprint density at radius 2 is 1.88 bits per heavy atom.